The smallest absolute Gasteiger partial charge is 0.0541 e. The predicted molar refractivity (Wildman–Crippen MR) is 146 cm³/mol. The van der Waals surface area contributed by atoms with Gasteiger partial charge >= 0.3 is 0 Å². The quantitative estimate of drug-likeness (QED) is 0.547. The van der Waals surface area contributed by atoms with Crippen molar-refractivity contribution >= 4 is 0 Å². The van der Waals surface area contributed by atoms with E-state index in [2.05, 4.69) is 80.5 Å². The normalized spacial score (nSPS) is 21.0. The van der Waals surface area contributed by atoms with Gasteiger partial charge in [-0.15, -0.1) is 0 Å². The van der Waals surface area contributed by atoms with Gasteiger partial charge in [0.15, 0.2) is 0 Å². The zero-order valence-corrected chi connectivity index (χ0v) is 21.0. The molecule has 5 heteroatoms. The molecule has 1 aromatic heterocycles. The number of fused-ring (bicyclic) bond motifs is 2. The summed E-state index contributed by atoms with van der Waals surface area (Å²) in [6.45, 7) is 8.81. The number of hydrogen-bond acceptors (Lipinski definition) is 5. The Balaban J connectivity index is 1.25. The Morgan fingerprint density at radius 1 is 0.857 bits per heavy atom. The third-order valence-corrected chi connectivity index (χ3v) is 6.66. The number of nitrogens with one attached hydrogen (secondary N) is 3. The Hall–Kier alpha value is -2.57. The van der Waals surface area contributed by atoms with E-state index in [-0.39, 0.29) is 0 Å². The average Bonchev–Trinajstić information content (AvgIpc) is 2.89. The standard InChI is InChI=1S/C30H41N5/c1-3-15-31-18-20-35(21-19-32-17-14-27-8-5-7-26(6-1)22-27)25-29-12-10-28(11-13-29)23-33-24-30-9-2-4-16-34-30/h1-2,4,6-7,9-14,16,31-33H,3,5,8,15,17-25H2/b6-1-,27-14+. The van der Waals surface area contributed by atoms with Gasteiger partial charge < -0.3 is 16.0 Å². The van der Waals surface area contributed by atoms with E-state index >= 15 is 0 Å². The van der Waals surface area contributed by atoms with Crippen molar-refractivity contribution in [1.82, 2.24) is 25.8 Å². The molecule has 186 valence electrons. The van der Waals surface area contributed by atoms with Gasteiger partial charge in [0.05, 0.1) is 5.69 Å². The summed E-state index contributed by atoms with van der Waals surface area (Å²) in [7, 11) is 0. The van der Waals surface area contributed by atoms with E-state index in [4.69, 9.17) is 0 Å². The van der Waals surface area contributed by atoms with Crippen molar-refractivity contribution in [3.63, 3.8) is 0 Å². The van der Waals surface area contributed by atoms with E-state index in [0.29, 0.717) is 0 Å². The number of rotatable bonds is 6. The zero-order valence-electron chi connectivity index (χ0n) is 21.0. The molecule has 1 aliphatic carbocycles. The fourth-order valence-electron chi connectivity index (χ4n) is 4.63. The minimum Gasteiger partial charge on any atom is -0.315 e. The summed E-state index contributed by atoms with van der Waals surface area (Å²) in [5.74, 6) is 0. The van der Waals surface area contributed by atoms with Crippen molar-refractivity contribution < 1.29 is 0 Å². The number of hydrogen-bond donors (Lipinski definition) is 3. The van der Waals surface area contributed by atoms with Gasteiger partial charge in [0.1, 0.15) is 0 Å². The van der Waals surface area contributed by atoms with Crippen LogP contribution in [0.25, 0.3) is 0 Å². The molecule has 5 nitrogen and oxygen atoms in total. The van der Waals surface area contributed by atoms with E-state index in [9.17, 15) is 0 Å². The summed E-state index contributed by atoms with van der Waals surface area (Å²) in [6, 6.07) is 15.1. The Morgan fingerprint density at radius 3 is 2.57 bits per heavy atom. The number of benzene rings is 1. The van der Waals surface area contributed by atoms with Crippen molar-refractivity contribution in [2.45, 2.75) is 45.3 Å². The van der Waals surface area contributed by atoms with Crippen LogP contribution in [0.4, 0.5) is 0 Å². The molecular formula is C30H41N5. The van der Waals surface area contributed by atoms with Gasteiger partial charge in [-0.05, 0) is 61.1 Å². The van der Waals surface area contributed by atoms with Crippen LogP contribution >= 0.6 is 0 Å². The SMILES string of the molecule is C1=C2/C=C\CCNCCN(Cc3ccc(CNCc4ccccn4)cc3)CCNC/C=C(\CC1)C2. The molecule has 2 heterocycles. The highest BCUT2D eigenvalue weighted by molar-refractivity contribution is 5.29. The second-order valence-corrected chi connectivity index (χ2v) is 9.52. The maximum Gasteiger partial charge on any atom is 0.0541 e. The molecule has 2 aliphatic rings. The number of aromatic nitrogens is 1. The Bertz CT molecular complexity index is 962. The molecule has 35 heavy (non-hydrogen) atoms. The second-order valence-electron chi connectivity index (χ2n) is 9.52. The second kappa shape index (κ2) is 14.7. The first-order valence-corrected chi connectivity index (χ1v) is 13.2. The van der Waals surface area contributed by atoms with Crippen LogP contribution in [0.1, 0.15) is 42.5 Å². The van der Waals surface area contributed by atoms with Gasteiger partial charge in [0.2, 0.25) is 0 Å². The zero-order chi connectivity index (χ0) is 24.0. The minimum absolute atomic E-state index is 0.792. The summed E-state index contributed by atoms with van der Waals surface area (Å²) in [6.07, 6.45) is 15.9. The summed E-state index contributed by atoms with van der Waals surface area (Å²) in [4.78, 5) is 6.93. The molecule has 0 unspecified atom stereocenters. The molecule has 0 saturated carbocycles. The average molecular weight is 472 g/mol. The molecule has 2 bridgehead atoms. The monoisotopic (exact) mass is 471 g/mol. The lowest BCUT2D eigenvalue weighted by Crippen LogP contribution is -2.37. The molecule has 1 aromatic carbocycles. The van der Waals surface area contributed by atoms with Crippen LogP contribution in [0.2, 0.25) is 0 Å². The van der Waals surface area contributed by atoms with Crippen LogP contribution < -0.4 is 16.0 Å². The van der Waals surface area contributed by atoms with Crippen molar-refractivity contribution in [3.05, 3.63) is 101 Å². The molecule has 1 aliphatic heterocycles. The van der Waals surface area contributed by atoms with Crippen molar-refractivity contribution in [3.8, 4) is 0 Å². The van der Waals surface area contributed by atoms with Crippen LogP contribution in [-0.2, 0) is 19.6 Å². The predicted octanol–water partition coefficient (Wildman–Crippen LogP) is 4.35. The number of pyridine rings is 1. The summed E-state index contributed by atoms with van der Waals surface area (Å²) in [5, 5.41) is 10.8. The molecule has 2 aromatic rings. The van der Waals surface area contributed by atoms with Crippen LogP contribution in [0.5, 0.6) is 0 Å². The molecule has 3 N–H and O–H groups in total. The van der Waals surface area contributed by atoms with Gasteiger partial charge in [-0.1, -0.05) is 60.2 Å². The first-order valence-electron chi connectivity index (χ1n) is 13.2. The molecule has 0 amide bonds. The van der Waals surface area contributed by atoms with Crippen LogP contribution in [0, 0.1) is 0 Å². The lowest BCUT2D eigenvalue weighted by Gasteiger charge is -2.23. The van der Waals surface area contributed by atoms with E-state index in [0.717, 1.165) is 77.4 Å². The maximum atomic E-state index is 4.37. The first kappa shape index (κ1) is 25.5. The highest BCUT2D eigenvalue weighted by atomic mass is 15.1. The fourth-order valence-corrected chi connectivity index (χ4v) is 4.63. The molecule has 0 fully saturated rings. The molecule has 0 atom stereocenters. The third-order valence-electron chi connectivity index (χ3n) is 6.66. The molecular weight excluding hydrogens is 430 g/mol. The third kappa shape index (κ3) is 9.54. The van der Waals surface area contributed by atoms with Gasteiger partial charge in [-0.3, -0.25) is 9.88 Å². The van der Waals surface area contributed by atoms with E-state index in [1.165, 1.54) is 29.5 Å². The Morgan fingerprint density at radius 2 is 1.71 bits per heavy atom. The minimum atomic E-state index is 0.792. The van der Waals surface area contributed by atoms with E-state index in [1.54, 1.807) is 5.57 Å². The topological polar surface area (TPSA) is 52.2 Å². The number of nitrogens with zero attached hydrogens (tertiary/aromatic N) is 2. The lowest BCUT2D eigenvalue weighted by atomic mass is 9.93. The summed E-state index contributed by atoms with van der Waals surface area (Å²) >= 11 is 0. The molecule has 4 rings (SSSR count). The van der Waals surface area contributed by atoms with Crippen molar-refractivity contribution in [2.24, 2.45) is 0 Å². The fraction of sp³-hybridized carbons (Fsp3) is 0.433. The van der Waals surface area contributed by atoms with Gasteiger partial charge in [0.25, 0.3) is 0 Å². The highest BCUT2D eigenvalue weighted by Gasteiger charge is 2.08. The maximum absolute atomic E-state index is 4.37. The van der Waals surface area contributed by atoms with Crippen LogP contribution in [-0.4, -0.2) is 49.2 Å². The largest absolute Gasteiger partial charge is 0.315 e. The van der Waals surface area contributed by atoms with E-state index in [1.807, 2.05) is 18.3 Å². The van der Waals surface area contributed by atoms with Gasteiger partial charge in [0, 0.05) is 58.6 Å². The molecule has 0 saturated heterocycles. The Labute approximate surface area is 211 Å². The van der Waals surface area contributed by atoms with Crippen LogP contribution in [0.3, 0.4) is 0 Å². The Kier molecular flexibility index (Phi) is 10.8. The highest BCUT2D eigenvalue weighted by Crippen LogP contribution is 2.24. The van der Waals surface area contributed by atoms with Gasteiger partial charge in [-0.2, -0.15) is 0 Å². The number of allylic oxidation sites excluding steroid dienone is 4. The molecule has 0 spiro atoms. The van der Waals surface area contributed by atoms with Crippen molar-refractivity contribution in [1.29, 1.82) is 0 Å². The van der Waals surface area contributed by atoms with Crippen LogP contribution in [0.15, 0.2) is 84.1 Å². The van der Waals surface area contributed by atoms with Crippen molar-refractivity contribution in [2.75, 3.05) is 39.3 Å². The van der Waals surface area contributed by atoms with E-state index < -0.39 is 0 Å². The summed E-state index contributed by atoms with van der Waals surface area (Å²) < 4.78 is 0. The molecule has 0 radical (unpaired) electrons. The summed E-state index contributed by atoms with van der Waals surface area (Å²) in [5.41, 5.74) is 6.82. The lowest BCUT2D eigenvalue weighted by molar-refractivity contribution is 0.266. The first-order chi connectivity index (χ1) is 17.3. The van der Waals surface area contributed by atoms with Gasteiger partial charge in [-0.25, -0.2) is 0 Å².